The minimum absolute atomic E-state index is 0.529. The van der Waals surface area contributed by atoms with Crippen LogP contribution in [0.1, 0.15) is 37.3 Å². The van der Waals surface area contributed by atoms with E-state index in [1.807, 2.05) is 18.2 Å². The van der Waals surface area contributed by atoms with Gasteiger partial charge in [-0.3, -0.25) is 0 Å². The molecule has 19 heavy (non-hydrogen) atoms. The van der Waals surface area contributed by atoms with Gasteiger partial charge in [-0.25, -0.2) is 0 Å². The van der Waals surface area contributed by atoms with E-state index in [1.165, 1.54) is 11.1 Å². The van der Waals surface area contributed by atoms with Gasteiger partial charge in [-0.15, -0.1) is 0 Å². The molecule has 1 atom stereocenters. The van der Waals surface area contributed by atoms with Gasteiger partial charge in [0.2, 0.25) is 0 Å². The highest BCUT2D eigenvalue weighted by atomic mass is 79.9. The Hall–Kier alpha value is -1.28. The Kier molecular flexibility index (Phi) is 5.03. The van der Waals surface area contributed by atoms with Crippen LogP contribution >= 0.6 is 15.9 Å². The van der Waals surface area contributed by atoms with E-state index < -0.39 is 0 Å². The van der Waals surface area contributed by atoms with Crippen molar-refractivity contribution in [1.29, 1.82) is 0 Å². The van der Waals surface area contributed by atoms with Crippen LogP contribution in [-0.4, -0.2) is 0 Å². The summed E-state index contributed by atoms with van der Waals surface area (Å²) in [6.45, 7) is 5.05. The van der Waals surface area contributed by atoms with Gasteiger partial charge < -0.3 is 4.74 Å². The molecule has 0 N–H and O–H groups in total. The molecule has 1 nitrogen and oxygen atoms in total. The van der Waals surface area contributed by atoms with E-state index in [0.29, 0.717) is 12.5 Å². The molecule has 0 bridgehead atoms. The molecule has 0 aromatic heterocycles. The van der Waals surface area contributed by atoms with Crippen molar-refractivity contribution in [3.05, 3.63) is 64.1 Å². The van der Waals surface area contributed by atoms with Crippen LogP contribution < -0.4 is 4.74 Å². The topological polar surface area (TPSA) is 9.23 Å². The number of hydrogen-bond donors (Lipinski definition) is 0. The normalized spacial score (nSPS) is 12.2. The summed E-state index contributed by atoms with van der Waals surface area (Å²) in [5, 5.41) is 0. The second-order valence-electron chi connectivity index (χ2n) is 4.76. The Balaban J connectivity index is 2.09. The van der Waals surface area contributed by atoms with Crippen molar-refractivity contribution in [2.45, 2.75) is 32.8 Å². The third kappa shape index (κ3) is 3.84. The zero-order valence-corrected chi connectivity index (χ0v) is 13.0. The summed E-state index contributed by atoms with van der Waals surface area (Å²) in [5.74, 6) is 1.53. The van der Waals surface area contributed by atoms with E-state index in [1.54, 1.807) is 0 Å². The fraction of sp³-hybridized carbons (Fsp3) is 0.294. The van der Waals surface area contributed by atoms with Gasteiger partial charge in [-0.1, -0.05) is 60.1 Å². The van der Waals surface area contributed by atoms with Crippen molar-refractivity contribution in [3.8, 4) is 5.75 Å². The number of ether oxygens (including phenoxy) is 1. The second kappa shape index (κ2) is 6.76. The Labute approximate surface area is 123 Å². The molecule has 0 saturated carbocycles. The molecule has 0 aliphatic carbocycles. The maximum Gasteiger partial charge on any atom is 0.123 e. The number of rotatable bonds is 5. The third-order valence-electron chi connectivity index (χ3n) is 3.37. The zero-order valence-electron chi connectivity index (χ0n) is 11.4. The molecular weight excluding hydrogens is 300 g/mol. The quantitative estimate of drug-likeness (QED) is 0.703. The van der Waals surface area contributed by atoms with Gasteiger partial charge in [0.1, 0.15) is 12.4 Å². The van der Waals surface area contributed by atoms with Crippen molar-refractivity contribution >= 4 is 15.9 Å². The minimum atomic E-state index is 0.529. The fourth-order valence-corrected chi connectivity index (χ4v) is 2.25. The summed E-state index contributed by atoms with van der Waals surface area (Å²) in [7, 11) is 0. The van der Waals surface area contributed by atoms with Crippen molar-refractivity contribution in [2.75, 3.05) is 0 Å². The lowest BCUT2D eigenvalue weighted by molar-refractivity contribution is 0.301. The summed E-state index contributed by atoms with van der Waals surface area (Å²) in [5.41, 5.74) is 2.48. The molecule has 0 heterocycles. The van der Waals surface area contributed by atoms with Gasteiger partial charge in [0.15, 0.2) is 0 Å². The summed E-state index contributed by atoms with van der Waals surface area (Å²) < 4.78 is 7.06. The first-order valence-corrected chi connectivity index (χ1v) is 7.46. The van der Waals surface area contributed by atoms with Crippen molar-refractivity contribution in [3.63, 3.8) is 0 Å². The predicted molar refractivity (Wildman–Crippen MR) is 83.6 cm³/mol. The molecule has 0 aliphatic rings. The van der Waals surface area contributed by atoms with E-state index in [2.05, 4.69) is 60.1 Å². The Morgan fingerprint density at radius 3 is 2.42 bits per heavy atom. The van der Waals surface area contributed by atoms with Gasteiger partial charge >= 0.3 is 0 Å². The molecule has 2 aromatic carbocycles. The highest BCUT2D eigenvalue weighted by Crippen LogP contribution is 2.29. The molecule has 0 fully saturated rings. The number of hydrogen-bond acceptors (Lipinski definition) is 1. The first-order chi connectivity index (χ1) is 9.20. The molecule has 0 amide bonds. The summed E-state index contributed by atoms with van der Waals surface area (Å²) in [6, 6.07) is 16.6. The number of halogens is 1. The smallest absolute Gasteiger partial charge is 0.123 e. The fourth-order valence-electron chi connectivity index (χ4n) is 1.98. The van der Waals surface area contributed by atoms with E-state index in [9.17, 15) is 0 Å². The Morgan fingerprint density at radius 2 is 1.74 bits per heavy atom. The first-order valence-electron chi connectivity index (χ1n) is 6.67. The Morgan fingerprint density at radius 1 is 1.05 bits per heavy atom. The van der Waals surface area contributed by atoms with Crippen LogP contribution in [0.4, 0.5) is 0 Å². The van der Waals surface area contributed by atoms with Gasteiger partial charge in [0.05, 0.1) is 0 Å². The molecule has 2 heteroatoms. The maximum atomic E-state index is 5.97. The van der Waals surface area contributed by atoms with Crippen LogP contribution in [0.15, 0.2) is 53.0 Å². The largest absolute Gasteiger partial charge is 0.489 e. The molecule has 2 rings (SSSR count). The van der Waals surface area contributed by atoms with Gasteiger partial charge in [0.25, 0.3) is 0 Å². The molecule has 0 spiro atoms. The third-order valence-corrected chi connectivity index (χ3v) is 3.90. The van der Waals surface area contributed by atoms with Crippen molar-refractivity contribution in [1.82, 2.24) is 0 Å². The zero-order chi connectivity index (χ0) is 13.7. The van der Waals surface area contributed by atoms with Crippen LogP contribution in [0, 0.1) is 0 Å². The van der Waals surface area contributed by atoms with Gasteiger partial charge in [0, 0.05) is 4.47 Å². The van der Waals surface area contributed by atoms with Crippen LogP contribution in [-0.2, 0) is 6.61 Å². The van der Waals surface area contributed by atoms with Crippen molar-refractivity contribution < 1.29 is 4.74 Å². The lowest BCUT2D eigenvalue weighted by atomic mass is 9.98. The Bertz CT molecular complexity index is 519. The van der Waals surface area contributed by atoms with Crippen LogP contribution in [0.5, 0.6) is 5.75 Å². The average Bonchev–Trinajstić information content (AvgIpc) is 2.46. The summed E-state index contributed by atoms with van der Waals surface area (Å²) in [6.07, 6.45) is 1.12. The first kappa shape index (κ1) is 14.1. The summed E-state index contributed by atoms with van der Waals surface area (Å²) in [4.78, 5) is 0. The van der Waals surface area contributed by atoms with Crippen molar-refractivity contribution in [2.24, 2.45) is 0 Å². The SMILES string of the molecule is CCC(C)c1ccccc1OCc1ccc(Br)cc1. The van der Waals surface area contributed by atoms with Gasteiger partial charge in [-0.05, 0) is 41.7 Å². The van der Waals surface area contributed by atoms with E-state index in [-0.39, 0.29) is 0 Å². The maximum absolute atomic E-state index is 5.97. The molecule has 100 valence electrons. The number of benzene rings is 2. The minimum Gasteiger partial charge on any atom is -0.489 e. The molecule has 2 aromatic rings. The monoisotopic (exact) mass is 318 g/mol. The van der Waals surface area contributed by atoms with E-state index in [0.717, 1.165) is 16.6 Å². The highest BCUT2D eigenvalue weighted by molar-refractivity contribution is 9.10. The lowest BCUT2D eigenvalue weighted by Gasteiger charge is -2.15. The standard InChI is InChI=1S/C17H19BrO/c1-3-13(2)16-6-4-5-7-17(16)19-12-14-8-10-15(18)11-9-14/h4-11,13H,3,12H2,1-2H3. The van der Waals surface area contributed by atoms with E-state index in [4.69, 9.17) is 4.74 Å². The highest BCUT2D eigenvalue weighted by Gasteiger charge is 2.09. The second-order valence-corrected chi connectivity index (χ2v) is 5.68. The molecule has 0 radical (unpaired) electrons. The molecule has 0 aliphatic heterocycles. The average molecular weight is 319 g/mol. The van der Waals surface area contributed by atoms with E-state index >= 15 is 0 Å². The molecule has 0 saturated heterocycles. The van der Waals surface area contributed by atoms with Crippen LogP contribution in [0.25, 0.3) is 0 Å². The van der Waals surface area contributed by atoms with Gasteiger partial charge in [-0.2, -0.15) is 0 Å². The molecular formula is C17H19BrO. The number of para-hydroxylation sites is 1. The summed E-state index contributed by atoms with van der Waals surface area (Å²) >= 11 is 3.44. The lowest BCUT2D eigenvalue weighted by Crippen LogP contribution is -2.00. The van der Waals surface area contributed by atoms with Crippen LogP contribution in [0.3, 0.4) is 0 Å². The predicted octanol–water partition coefficient (Wildman–Crippen LogP) is 5.54. The molecule has 1 unspecified atom stereocenters. The van der Waals surface area contributed by atoms with Crippen LogP contribution in [0.2, 0.25) is 0 Å².